The normalized spacial score (nSPS) is 18.3. The summed E-state index contributed by atoms with van der Waals surface area (Å²) in [5.74, 6) is 0.266. The molecule has 0 radical (unpaired) electrons. The van der Waals surface area contributed by atoms with Crippen LogP contribution in [0.1, 0.15) is 30.1 Å². The molecule has 1 fully saturated rings. The molecule has 0 aromatic heterocycles. The molecule has 2 rings (SSSR count). The Morgan fingerprint density at radius 1 is 1.39 bits per heavy atom. The molecule has 0 bridgehead atoms. The van der Waals surface area contributed by atoms with Crippen molar-refractivity contribution < 1.29 is 4.79 Å². The number of hydrogen-bond acceptors (Lipinski definition) is 3. The van der Waals surface area contributed by atoms with Gasteiger partial charge in [0.05, 0.1) is 5.56 Å². The number of anilines is 1. The van der Waals surface area contributed by atoms with Crippen molar-refractivity contribution in [3.05, 3.63) is 29.8 Å². The summed E-state index contributed by atoms with van der Waals surface area (Å²) in [5.41, 5.74) is 6.79. The number of nitrogens with two attached hydrogens (primary N) is 1. The number of hydrogen-bond donors (Lipinski definition) is 3. The number of para-hydroxylation sites is 1. The third-order valence-electron chi connectivity index (χ3n) is 3.67. The molecule has 1 aliphatic heterocycles. The highest BCUT2D eigenvalue weighted by Crippen LogP contribution is 2.22. The fourth-order valence-corrected chi connectivity index (χ4v) is 2.53. The van der Waals surface area contributed by atoms with Crippen molar-refractivity contribution in [1.29, 1.82) is 0 Å². The summed E-state index contributed by atoms with van der Waals surface area (Å²) in [4.78, 5) is 11.4. The van der Waals surface area contributed by atoms with Crippen LogP contribution in [0.2, 0.25) is 0 Å². The number of carbonyl (C=O) groups is 1. The molecule has 1 aromatic carbocycles. The molecule has 4 nitrogen and oxygen atoms in total. The molecule has 1 aromatic rings. The summed E-state index contributed by atoms with van der Waals surface area (Å²) in [7, 11) is 0. The molecule has 4 heteroatoms. The van der Waals surface area contributed by atoms with E-state index in [1.54, 1.807) is 6.07 Å². The van der Waals surface area contributed by atoms with E-state index in [1.165, 1.54) is 12.8 Å². The average Bonchev–Trinajstić information content (AvgIpc) is 2.40. The Balaban J connectivity index is 2.06. The molecule has 1 heterocycles. The summed E-state index contributed by atoms with van der Waals surface area (Å²) in [6, 6.07) is 7.79. The maximum absolute atomic E-state index is 11.4. The number of primary amides is 1. The van der Waals surface area contributed by atoms with E-state index in [0.717, 1.165) is 18.8 Å². The van der Waals surface area contributed by atoms with Crippen molar-refractivity contribution in [1.82, 2.24) is 5.32 Å². The topological polar surface area (TPSA) is 67.1 Å². The van der Waals surface area contributed by atoms with E-state index in [-0.39, 0.29) is 5.91 Å². The van der Waals surface area contributed by atoms with Crippen LogP contribution in [-0.2, 0) is 0 Å². The van der Waals surface area contributed by atoms with Crippen molar-refractivity contribution >= 4 is 11.6 Å². The molecule has 1 saturated heterocycles. The monoisotopic (exact) mass is 247 g/mol. The fraction of sp³-hybridized carbons (Fsp3) is 0.500. The van der Waals surface area contributed by atoms with Gasteiger partial charge in [0.15, 0.2) is 0 Å². The van der Waals surface area contributed by atoms with Crippen LogP contribution in [0.4, 0.5) is 5.69 Å². The molecule has 1 amide bonds. The molecule has 1 aliphatic rings. The van der Waals surface area contributed by atoms with Gasteiger partial charge in [0, 0.05) is 11.7 Å². The highest BCUT2D eigenvalue weighted by Gasteiger charge is 2.20. The lowest BCUT2D eigenvalue weighted by Gasteiger charge is -2.30. The third-order valence-corrected chi connectivity index (χ3v) is 3.67. The van der Waals surface area contributed by atoms with E-state index in [1.807, 2.05) is 18.2 Å². The van der Waals surface area contributed by atoms with Gasteiger partial charge in [0.1, 0.15) is 0 Å². The van der Waals surface area contributed by atoms with E-state index in [0.29, 0.717) is 17.5 Å². The van der Waals surface area contributed by atoms with Gasteiger partial charge in [-0.25, -0.2) is 0 Å². The molecule has 0 aliphatic carbocycles. The number of nitrogens with one attached hydrogen (secondary N) is 2. The highest BCUT2D eigenvalue weighted by atomic mass is 16.1. The molecule has 0 spiro atoms. The quantitative estimate of drug-likeness (QED) is 0.757. The first-order chi connectivity index (χ1) is 8.68. The maximum Gasteiger partial charge on any atom is 0.250 e. The van der Waals surface area contributed by atoms with Gasteiger partial charge < -0.3 is 16.4 Å². The van der Waals surface area contributed by atoms with Crippen LogP contribution in [0.25, 0.3) is 0 Å². The first-order valence-electron chi connectivity index (χ1n) is 6.54. The molecule has 0 saturated carbocycles. The van der Waals surface area contributed by atoms with Crippen LogP contribution in [-0.4, -0.2) is 25.0 Å². The van der Waals surface area contributed by atoms with Gasteiger partial charge in [-0.15, -0.1) is 0 Å². The van der Waals surface area contributed by atoms with Crippen molar-refractivity contribution in [2.75, 3.05) is 18.4 Å². The van der Waals surface area contributed by atoms with Crippen LogP contribution >= 0.6 is 0 Å². The molecular formula is C14H21N3O. The Labute approximate surface area is 108 Å². The van der Waals surface area contributed by atoms with Gasteiger partial charge >= 0.3 is 0 Å². The molecule has 98 valence electrons. The van der Waals surface area contributed by atoms with Gasteiger partial charge in [0.2, 0.25) is 0 Å². The first-order valence-corrected chi connectivity index (χ1v) is 6.54. The second-order valence-electron chi connectivity index (χ2n) is 4.93. The number of amides is 1. The van der Waals surface area contributed by atoms with Crippen LogP contribution in [0.15, 0.2) is 24.3 Å². The zero-order chi connectivity index (χ0) is 13.0. The van der Waals surface area contributed by atoms with Gasteiger partial charge in [-0.2, -0.15) is 0 Å². The lowest BCUT2D eigenvalue weighted by atomic mass is 9.91. The van der Waals surface area contributed by atoms with Crippen molar-refractivity contribution in [2.24, 2.45) is 11.7 Å². The van der Waals surface area contributed by atoms with Crippen molar-refractivity contribution in [2.45, 2.75) is 25.8 Å². The Hall–Kier alpha value is -1.55. The molecular weight excluding hydrogens is 226 g/mol. The summed E-state index contributed by atoms with van der Waals surface area (Å²) in [6.45, 7) is 4.33. The number of carbonyl (C=O) groups excluding carboxylic acids is 1. The van der Waals surface area contributed by atoms with Crippen LogP contribution in [0.3, 0.4) is 0 Å². The van der Waals surface area contributed by atoms with E-state index < -0.39 is 0 Å². The van der Waals surface area contributed by atoms with Crippen molar-refractivity contribution in [3.8, 4) is 0 Å². The van der Waals surface area contributed by atoms with Gasteiger partial charge in [-0.3, -0.25) is 4.79 Å². The summed E-state index contributed by atoms with van der Waals surface area (Å²) >= 11 is 0. The number of rotatable bonds is 4. The largest absolute Gasteiger partial charge is 0.382 e. The minimum absolute atomic E-state index is 0.354. The second-order valence-corrected chi connectivity index (χ2v) is 4.93. The Bertz CT molecular complexity index is 413. The lowest BCUT2D eigenvalue weighted by molar-refractivity contribution is 0.100. The van der Waals surface area contributed by atoms with E-state index in [9.17, 15) is 4.79 Å². The van der Waals surface area contributed by atoms with Crippen LogP contribution in [0.5, 0.6) is 0 Å². The minimum Gasteiger partial charge on any atom is -0.382 e. The molecule has 18 heavy (non-hydrogen) atoms. The average molecular weight is 247 g/mol. The van der Waals surface area contributed by atoms with E-state index in [2.05, 4.69) is 17.6 Å². The Kier molecular flexibility index (Phi) is 4.20. The molecule has 4 N–H and O–H groups in total. The predicted molar refractivity (Wildman–Crippen MR) is 73.6 cm³/mol. The smallest absolute Gasteiger partial charge is 0.250 e. The Morgan fingerprint density at radius 3 is 2.72 bits per heavy atom. The summed E-state index contributed by atoms with van der Waals surface area (Å²) < 4.78 is 0. The van der Waals surface area contributed by atoms with Crippen LogP contribution in [0, 0.1) is 5.92 Å². The standard InChI is InChI=1S/C14H21N3O/c1-10(11-6-8-16-9-7-11)17-13-5-3-2-4-12(13)14(15)18/h2-5,10-11,16-17H,6-9H2,1H3,(H2,15,18). The minimum atomic E-state index is -0.379. The number of piperidine rings is 1. The second kappa shape index (κ2) is 5.87. The zero-order valence-electron chi connectivity index (χ0n) is 10.8. The maximum atomic E-state index is 11.4. The zero-order valence-corrected chi connectivity index (χ0v) is 10.8. The van der Waals surface area contributed by atoms with E-state index in [4.69, 9.17) is 5.73 Å². The predicted octanol–water partition coefficient (Wildman–Crippen LogP) is 1.59. The first kappa shape index (κ1) is 12.9. The summed E-state index contributed by atoms with van der Waals surface area (Å²) in [5, 5.41) is 6.79. The summed E-state index contributed by atoms with van der Waals surface area (Å²) in [6.07, 6.45) is 2.35. The SMILES string of the molecule is CC(Nc1ccccc1C(N)=O)C1CCNCC1. The lowest BCUT2D eigenvalue weighted by Crippen LogP contribution is -2.36. The highest BCUT2D eigenvalue weighted by molar-refractivity contribution is 5.98. The van der Waals surface area contributed by atoms with Crippen LogP contribution < -0.4 is 16.4 Å². The molecule has 1 atom stereocenters. The number of benzene rings is 1. The third kappa shape index (κ3) is 3.01. The molecule has 1 unspecified atom stereocenters. The van der Waals surface area contributed by atoms with Gasteiger partial charge in [-0.1, -0.05) is 12.1 Å². The van der Waals surface area contributed by atoms with Gasteiger partial charge in [0.25, 0.3) is 5.91 Å². The Morgan fingerprint density at radius 2 is 2.06 bits per heavy atom. The fourth-order valence-electron chi connectivity index (χ4n) is 2.53. The van der Waals surface area contributed by atoms with E-state index >= 15 is 0 Å². The van der Waals surface area contributed by atoms with Gasteiger partial charge in [-0.05, 0) is 50.9 Å². The van der Waals surface area contributed by atoms with Crippen molar-refractivity contribution in [3.63, 3.8) is 0 Å².